The molecule has 5 rings (SSSR count). The van der Waals surface area contributed by atoms with Crippen LogP contribution in [-0.4, -0.2) is 22.9 Å². The lowest BCUT2D eigenvalue weighted by atomic mass is 9.29. The van der Waals surface area contributed by atoms with E-state index in [1.54, 1.807) is 0 Å². The van der Waals surface area contributed by atoms with Gasteiger partial charge in [-0.15, -0.1) is 0 Å². The first-order valence-electron chi connectivity index (χ1n) is 14.2. The molecule has 0 saturated heterocycles. The Morgan fingerprint density at radius 1 is 0.788 bits per heavy atom. The van der Waals surface area contributed by atoms with Crippen LogP contribution in [0.4, 0.5) is 0 Å². The molecule has 0 aromatic carbocycles. The third-order valence-corrected chi connectivity index (χ3v) is 14.3. The fourth-order valence-corrected chi connectivity index (χ4v) is 12.2. The Balaban J connectivity index is 1.60. The molecule has 0 aliphatic heterocycles. The number of aliphatic hydroxyl groups excluding tert-OH is 2. The second-order valence-electron chi connectivity index (χ2n) is 15.2. The Bertz CT molecular complexity index is 831. The summed E-state index contributed by atoms with van der Waals surface area (Å²) in [5.74, 6) is 2.49. The van der Waals surface area contributed by atoms with Gasteiger partial charge in [-0.05, 0) is 127 Å². The van der Waals surface area contributed by atoms with Gasteiger partial charge in [-0.3, -0.25) is 0 Å². The van der Waals surface area contributed by atoms with Crippen molar-refractivity contribution in [1.29, 1.82) is 0 Å². The summed E-state index contributed by atoms with van der Waals surface area (Å²) in [7, 11) is 0. The molecule has 0 aromatic heterocycles. The topological polar surface area (TPSA) is 40.5 Å². The van der Waals surface area contributed by atoms with Crippen molar-refractivity contribution < 1.29 is 10.2 Å². The van der Waals surface area contributed by atoms with Crippen molar-refractivity contribution in [3.8, 4) is 0 Å². The monoisotopic (exact) mass is 456 g/mol. The van der Waals surface area contributed by atoms with Crippen LogP contribution in [0.15, 0.2) is 12.2 Å². The van der Waals surface area contributed by atoms with E-state index in [0.717, 1.165) is 12.3 Å². The zero-order chi connectivity index (χ0) is 24.2. The summed E-state index contributed by atoms with van der Waals surface area (Å²) < 4.78 is 0. The molecule has 0 bridgehead atoms. The van der Waals surface area contributed by atoms with Gasteiger partial charge < -0.3 is 10.2 Å². The molecule has 33 heavy (non-hydrogen) atoms. The number of aliphatic hydroxyl groups is 2. The Kier molecular flexibility index (Phi) is 5.25. The fraction of sp³-hybridized carbons (Fsp3) is 0.935. The molecule has 2 nitrogen and oxygen atoms in total. The van der Waals surface area contributed by atoms with Gasteiger partial charge in [-0.25, -0.2) is 0 Å². The third-order valence-electron chi connectivity index (χ3n) is 14.3. The molecule has 2 heteroatoms. The van der Waals surface area contributed by atoms with Gasteiger partial charge >= 0.3 is 0 Å². The van der Waals surface area contributed by atoms with E-state index in [2.05, 4.69) is 55.0 Å². The van der Waals surface area contributed by atoms with Crippen LogP contribution in [-0.2, 0) is 0 Å². The lowest BCUT2D eigenvalue weighted by Crippen LogP contribution is -2.70. The van der Waals surface area contributed by atoms with Gasteiger partial charge in [-0.1, -0.05) is 53.7 Å². The van der Waals surface area contributed by atoms with Crippen LogP contribution in [0.5, 0.6) is 0 Å². The fourth-order valence-electron chi connectivity index (χ4n) is 12.2. The van der Waals surface area contributed by atoms with E-state index in [9.17, 15) is 10.2 Å². The minimum Gasteiger partial charge on any atom is -0.396 e. The van der Waals surface area contributed by atoms with Crippen molar-refractivity contribution in [2.45, 2.75) is 119 Å². The maximum atomic E-state index is 10.9. The molecule has 5 aliphatic rings. The normalized spacial score (nSPS) is 57.4. The molecule has 2 N–H and O–H groups in total. The molecule has 0 aromatic rings. The summed E-state index contributed by atoms with van der Waals surface area (Å²) in [5.41, 5.74) is 2.68. The predicted molar refractivity (Wildman–Crippen MR) is 137 cm³/mol. The molecule has 10 unspecified atom stereocenters. The molecule has 10 atom stereocenters. The highest BCUT2D eigenvalue weighted by atomic mass is 16.3. The molecule has 5 saturated carbocycles. The maximum absolute atomic E-state index is 10.9. The first kappa shape index (κ1) is 24.4. The first-order valence-corrected chi connectivity index (χ1v) is 14.2. The number of hydrogen-bond donors (Lipinski definition) is 2. The lowest BCUT2D eigenvalue weighted by Gasteiger charge is -2.76. The molecule has 5 fully saturated rings. The Hall–Kier alpha value is -0.340. The SMILES string of the molecule is C=C(C)C1CCC2(CO)CCC3(C)C(C)(CCC4C5(C)CCC(O)C(C)(C)C5CCC43C)C12. The Labute approximate surface area is 204 Å². The van der Waals surface area contributed by atoms with Gasteiger partial charge in [0.05, 0.1) is 6.10 Å². The Morgan fingerprint density at radius 3 is 2.06 bits per heavy atom. The number of allylic oxidation sites excluding steroid dienone is 1. The van der Waals surface area contributed by atoms with Crippen LogP contribution in [0.3, 0.4) is 0 Å². The summed E-state index contributed by atoms with van der Waals surface area (Å²) in [5, 5.41) is 21.7. The average Bonchev–Trinajstić information content (AvgIpc) is 3.15. The second kappa shape index (κ2) is 7.12. The van der Waals surface area contributed by atoms with E-state index in [4.69, 9.17) is 0 Å². The summed E-state index contributed by atoms with van der Waals surface area (Å²) in [6.45, 7) is 22.4. The van der Waals surface area contributed by atoms with Crippen LogP contribution in [0.25, 0.3) is 0 Å². The molecular formula is C31H52O2. The van der Waals surface area contributed by atoms with Gasteiger partial charge in [0.15, 0.2) is 0 Å². The number of hydrogen-bond acceptors (Lipinski definition) is 2. The lowest BCUT2D eigenvalue weighted by molar-refractivity contribution is -0.279. The van der Waals surface area contributed by atoms with Crippen LogP contribution in [0, 0.1) is 56.2 Å². The van der Waals surface area contributed by atoms with E-state index in [-0.39, 0.29) is 22.3 Å². The minimum absolute atomic E-state index is 0.0189. The van der Waals surface area contributed by atoms with Gasteiger partial charge in [0.25, 0.3) is 0 Å². The number of fused-ring (bicyclic) bond motifs is 7. The summed E-state index contributed by atoms with van der Waals surface area (Å²) in [6, 6.07) is 0. The van der Waals surface area contributed by atoms with Gasteiger partial charge in [-0.2, -0.15) is 0 Å². The van der Waals surface area contributed by atoms with E-state index in [1.807, 2.05) is 0 Å². The molecule has 5 aliphatic carbocycles. The Morgan fingerprint density at radius 2 is 1.42 bits per heavy atom. The molecule has 0 heterocycles. The third kappa shape index (κ3) is 2.69. The van der Waals surface area contributed by atoms with Gasteiger partial charge in [0.2, 0.25) is 0 Å². The maximum Gasteiger partial charge on any atom is 0.0594 e. The largest absolute Gasteiger partial charge is 0.396 e. The summed E-state index contributed by atoms with van der Waals surface area (Å²) in [4.78, 5) is 0. The summed E-state index contributed by atoms with van der Waals surface area (Å²) >= 11 is 0. The van der Waals surface area contributed by atoms with Crippen molar-refractivity contribution in [3.63, 3.8) is 0 Å². The first-order chi connectivity index (χ1) is 15.2. The highest BCUT2D eigenvalue weighted by Crippen LogP contribution is 2.81. The van der Waals surface area contributed by atoms with Crippen LogP contribution in [0.2, 0.25) is 0 Å². The zero-order valence-corrected chi connectivity index (χ0v) is 22.8. The quantitative estimate of drug-likeness (QED) is 0.425. The smallest absolute Gasteiger partial charge is 0.0594 e. The minimum atomic E-state index is -0.154. The molecule has 188 valence electrons. The standard InChI is InChI=1S/C31H52O2/c1-20(2)21-9-16-31(19-32)18-17-30(8)28(6)14-10-22-26(3,4)24(33)12-13-27(22,5)23(28)11-15-29(30,7)25(21)31/h21-25,32-33H,1,9-19H2,2-8H3. The average molecular weight is 457 g/mol. The van der Waals surface area contributed by atoms with E-state index in [1.165, 1.54) is 63.4 Å². The highest BCUT2D eigenvalue weighted by molar-refractivity contribution is 5.25. The van der Waals surface area contributed by atoms with Gasteiger partial charge in [0.1, 0.15) is 0 Å². The molecule has 0 spiro atoms. The molecule has 0 amide bonds. The van der Waals surface area contributed by atoms with Crippen LogP contribution in [0.1, 0.15) is 113 Å². The highest BCUT2D eigenvalue weighted by Gasteiger charge is 2.74. The van der Waals surface area contributed by atoms with Crippen molar-refractivity contribution in [3.05, 3.63) is 12.2 Å². The molecule has 0 radical (unpaired) electrons. The second-order valence-corrected chi connectivity index (χ2v) is 15.2. The van der Waals surface area contributed by atoms with Crippen LogP contribution >= 0.6 is 0 Å². The zero-order valence-electron chi connectivity index (χ0n) is 22.8. The molecular weight excluding hydrogens is 404 g/mol. The number of rotatable bonds is 2. The summed E-state index contributed by atoms with van der Waals surface area (Å²) in [6.07, 6.45) is 12.0. The van der Waals surface area contributed by atoms with E-state index >= 15 is 0 Å². The van der Waals surface area contributed by atoms with E-state index < -0.39 is 0 Å². The van der Waals surface area contributed by atoms with Crippen molar-refractivity contribution in [2.24, 2.45) is 56.2 Å². The van der Waals surface area contributed by atoms with Crippen molar-refractivity contribution in [2.75, 3.05) is 6.61 Å². The predicted octanol–water partition coefficient (Wildman–Crippen LogP) is 7.39. The van der Waals surface area contributed by atoms with Crippen molar-refractivity contribution in [1.82, 2.24) is 0 Å². The van der Waals surface area contributed by atoms with Crippen LogP contribution < -0.4 is 0 Å². The van der Waals surface area contributed by atoms with Crippen molar-refractivity contribution >= 4 is 0 Å². The van der Waals surface area contributed by atoms with Gasteiger partial charge in [0, 0.05) is 6.61 Å². The van der Waals surface area contributed by atoms with E-state index in [0.29, 0.717) is 40.6 Å².